The molecule has 80 valence electrons. The summed E-state index contributed by atoms with van der Waals surface area (Å²) in [6, 6.07) is -0.964. The highest BCUT2D eigenvalue weighted by atomic mass is 16.5. The Bertz CT molecular complexity index is 215. The molecule has 0 aromatic carbocycles. The molecule has 0 amide bonds. The highest BCUT2D eigenvalue weighted by molar-refractivity contribution is 5.82. The van der Waals surface area contributed by atoms with Crippen LogP contribution in [0.15, 0.2) is 12.7 Å². The normalized spacial score (nSPS) is 11.6. The van der Waals surface area contributed by atoms with Gasteiger partial charge in [-0.05, 0) is 6.92 Å². The van der Waals surface area contributed by atoms with Crippen LogP contribution in [0.3, 0.4) is 0 Å². The third-order valence-electron chi connectivity index (χ3n) is 1.34. The zero-order chi connectivity index (χ0) is 11.0. The van der Waals surface area contributed by atoms with Gasteiger partial charge >= 0.3 is 11.9 Å². The highest BCUT2D eigenvalue weighted by Gasteiger charge is 2.19. The van der Waals surface area contributed by atoms with Crippen molar-refractivity contribution >= 4 is 11.9 Å². The first-order chi connectivity index (χ1) is 6.61. The second-order valence-electron chi connectivity index (χ2n) is 2.53. The molecule has 0 heterocycles. The fraction of sp³-hybridized carbons (Fsp3) is 0.556. The lowest BCUT2D eigenvalue weighted by molar-refractivity contribution is -0.150. The Morgan fingerprint density at radius 3 is 2.64 bits per heavy atom. The number of hydrogen-bond acceptors (Lipinski definition) is 5. The fourth-order valence-corrected chi connectivity index (χ4v) is 0.731. The average Bonchev–Trinajstić information content (AvgIpc) is 2.14. The molecule has 0 fully saturated rings. The first-order valence-electron chi connectivity index (χ1n) is 4.30. The molecule has 0 saturated carbocycles. The quantitative estimate of drug-likeness (QED) is 0.483. The first-order valence-corrected chi connectivity index (χ1v) is 4.30. The van der Waals surface area contributed by atoms with Crippen molar-refractivity contribution in [3.8, 4) is 0 Å². The summed E-state index contributed by atoms with van der Waals surface area (Å²) in [5.74, 6) is -1.13. The smallest absolute Gasteiger partial charge is 0.323 e. The molecule has 0 aliphatic carbocycles. The van der Waals surface area contributed by atoms with Gasteiger partial charge in [-0.2, -0.15) is 0 Å². The van der Waals surface area contributed by atoms with Gasteiger partial charge in [0.05, 0.1) is 13.0 Å². The van der Waals surface area contributed by atoms with Crippen LogP contribution in [0.5, 0.6) is 0 Å². The molecule has 5 heteroatoms. The van der Waals surface area contributed by atoms with Crippen LogP contribution in [0, 0.1) is 0 Å². The van der Waals surface area contributed by atoms with Gasteiger partial charge < -0.3 is 15.2 Å². The van der Waals surface area contributed by atoms with E-state index in [1.54, 1.807) is 6.92 Å². The molecular weight excluding hydrogens is 186 g/mol. The van der Waals surface area contributed by atoms with Gasteiger partial charge in [0, 0.05) is 0 Å². The Kier molecular flexibility index (Phi) is 6.39. The summed E-state index contributed by atoms with van der Waals surface area (Å²) in [6.45, 7) is 5.42. The minimum Gasteiger partial charge on any atom is -0.466 e. The Morgan fingerprint density at radius 2 is 2.14 bits per heavy atom. The monoisotopic (exact) mass is 201 g/mol. The van der Waals surface area contributed by atoms with Crippen molar-refractivity contribution in [1.82, 2.24) is 0 Å². The molecule has 0 aliphatic rings. The Labute approximate surface area is 82.9 Å². The van der Waals surface area contributed by atoms with Crippen LogP contribution < -0.4 is 5.73 Å². The van der Waals surface area contributed by atoms with Crippen molar-refractivity contribution in [3.63, 3.8) is 0 Å². The average molecular weight is 201 g/mol. The summed E-state index contributed by atoms with van der Waals surface area (Å²) in [5, 5.41) is 0. The molecule has 0 saturated heterocycles. The van der Waals surface area contributed by atoms with E-state index in [2.05, 4.69) is 16.1 Å². The van der Waals surface area contributed by atoms with Gasteiger partial charge in [-0.3, -0.25) is 9.59 Å². The van der Waals surface area contributed by atoms with Crippen LogP contribution in [-0.2, 0) is 19.1 Å². The highest BCUT2D eigenvalue weighted by Crippen LogP contribution is 1.95. The van der Waals surface area contributed by atoms with Crippen LogP contribution in [0.4, 0.5) is 0 Å². The number of carbonyl (C=O) groups excluding carboxylic acids is 2. The zero-order valence-corrected chi connectivity index (χ0v) is 8.19. The van der Waals surface area contributed by atoms with Gasteiger partial charge in [-0.15, -0.1) is 0 Å². The molecule has 5 nitrogen and oxygen atoms in total. The Balaban J connectivity index is 3.82. The summed E-state index contributed by atoms with van der Waals surface area (Å²) in [4.78, 5) is 21.9. The molecule has 0 aromatic heterocycles. The number of carbonyl (C=O) groups is 2. The van der Waals surface area contributed by atoms with E-state index in [1.165, 1.54) is 6.08 Å². The van der Waals surface area contributed by atoms with Crippen molar-refractivity contribution in [2.45, 2.75) is 19.4 Å². The van der Waals surface area contributed by atoms with E-state index < -0.39 is 18.0 Å². The summed E-state index contributed by atoms with van der Waals surface area (Å²) in [7, 11) is 0. The van der Waals surface area contributed by atoms with Crippen molar-refractivity contribution in [2.75, 3.05) is 13.2 Å². The largest absolute Gasteiger partial charge is 0.466 e. The van der Waals surface area contributed by atoms with Gasteiger partial charge in [0.2, 0.25) is 0 Å². The number of nitrogens with two attached hydrogens (primary N) is 1. The summed E-state index contributed by atoms with van der Waals surface area (Å²) in [6.07, 6.45) is 1.26. The van der Waals surface area contributed by atoms with E-state index >= 15 is 0 Å². The van der Waals surface area contributed by atoms with E-state index in [1.807, 2.05) is 0 Å². The van der Waals surface area contributed by atoms with Gasteiger partial charge in [-0.25, -0.2) is 0 Å². The molecule has 0 bridgehead atoms. The van der Waals surface area contributed by atoms with E-state index in [0.29, 0.717) is 0 Å². The standard InChI is InChI=1S/C9H15NO4/c1-3-5-14-9(12)7(10)6-8(11)13-4-2/h3,7H,1,4-6,10H2,2H3/t7-/m0/s1. The van der Waals surface area contributed by atoms with Crippen molar-refractivity contribution in [2.24, 2.45) is 5.73 Å². The van der Waals surface area contributed by atoms with E-state index in [0.717, 1.165) is 0 Å². The minimum atomic E-state index is -0.964. The lowest BCUT2D eigenvalue weighted by Gasteiger charge is -2.09. The maximum absolute atomic E-state index is 11.0. The fourth-order valence-electron chi connectivity index (χ4n) is 0.731. The van der Waals surface area contributed by atoms with Gasteiger partial charge in [0.25, 0.3) is 0 Å². The van der Waals surface area contributed by atoms with Crippen molar-refractivity contribution < 1.29 is 19.1 Å². The minimum absolute atomic E-state index is 0.0926. The zero-order valence-electron chi connectivity index (χ0n) is 8.19. The first kappa shape index (κ1) is 12.6. The molecule has 0 unspecified atom stereocenters. The van der Waals surface area contributed by atoms with Gasteiger partial charge in [0.15, 0.2) is 0 Å². The molecule has 0 spiro atoms. The molecule has 0 aliphatic heterocycles. The van der Waals surface area contributed by atoms with E-state index in [-0.39, 0.29) is 19.6 Å². The maximum Gasteiger partial charge on any atom is 0.323 e. The summed E-state index contributed by atoms with van der Waals surface area (Å²) in [5.41, 5.74) is 5.38. The number of hydrogen-bond donors (Lipinski definition) is 1. The van der Waals surface area contributed by atoms with Crippen molar-refractivity contribution in [1.29, 1.82) is 0 Å². The Morgan fingerprint density at radius 1 is 1.50 bits per heavy atom. The predicted octanol–water partition coefficient (Wildman–Crippen LogP) is -0.00390. The molecule has 14 heavy (non-hydrogen) atoms. The topological polar surface area (TPSA) is 78.6 Å². The van der Waals surface area contributed by atoms with Gasteiger partial charge in [-0.1, -0.05) is 12.7 Å². The van der Waals surface area contributed by atoms with Crippen LogP contribution in [-0.4, -0.2) is 31.2 Å². The molecule has 2 N–H and O–H groups in total. The third-order valence-corrected chi connectivity index (χ3v) is 1.34. The number of rotatable bonds is 6. The van der Waals surface area contributed by atoms with Gasteiger partial charge in [0.1, 0.15) is 12.6 Å². The summed E-state index contributed by atoms with van der Waals surface area (Å²) < 4.78 is 9.26. The lowest BCUT2D eigenvalue weighted by Crippen LogP contribution is -2.35. The predicted molar refractivity (Wildman–Crippen MR) is 50.4 cm³/mol. The van der Waals surface area contributed by atoms with Crippen molar-refractivity contribution in [3.05, 3.63) is 12.7 Å². The number of esters is 2. The third kappa shape index (κ3) is 5.31. The molecule has 1 atom stereocenters. The second-order valence-corrected chi connectivity index (χ2v) is 2.53. The molecular formula is C9H15NO4. The maximum atomic E-state index is 11.0. The Hall–Kier alpha value is -1.36. The van der Waals surface area contributed by atoms with Crippen LogP contribution in [0.25, 0.3) is 0 Å². The van der Waals surface area contributed by atoms with E-state index in [4.69, 9.17) is 5.73 Å². The molecule has 0 rings (SSSR count). The van der Waals surface area contributed by atoms with Crippen LogP contribution in [0.1, 0.15) is 13.3 Å². The lowest BCUT2D eigenvalue weighted by atomic mass is 10.2. The SMILES string of the molecule is C=CCOC(=O)[C@@H](N)CC(=O)OCC. The number of ether oxygens (including phenoxy) is 2. The van der Waals surface area contributed by atoms with Crippen LogP contribution in [0.2, 0.25) is 0 Å². The summed E-state index contributed by atoms with van der Waals surface area (Å²) >= 11 is 0. The molecule has 0 aromatic rings. The molecule has 0 radical (unpaired) electrons. The van der Waals surface area contributed by atoms with E-state index in [9.17, 15) is 9.59 Å². The van der Waals surface area contributed by atoms with Crippen LogP contribution >= 0.6 is 0 Å². The second kappa shape index (κ2) is 7.08.